The predicted molar refractivity (Wildman–Crippen MR) is 84.5 cm³/mol. The van der Waals surface area contributed by atoms with E-state index in [9.17, 15) is 22.8 Å². The van der Waals surface area contributed by atoms with Gasteiger partial charge in [0.25, 0.3) is 11.8 Å². The maximum atomic E-state index is 12.3. The van der Waals surface area contributed by atoms with Gasteiger partial charge in [0, 0.05) is 25.3 Å². The van der Waals surface area contributed by atoms with Crippen molar-refractivity contribution in [1.82, 2.24) is 15.8 Å². The topological polar surface area (TPSA) is 64.7 Å². The number of halogens is 3. The summed E-state index contributed by atoms with van der Waals surface area (Å²) in [5, 5.41) is 0. The first kappa shape index (κ1) is 19.8. The van der Waals surface area contributed by atoms with E-state index in [1.165, 1.54) is 14.0 Å². The Kier molecular flexibility index (Phi) is 6.59. The molecule has 0 fully saturated rings. The molecule has 134 valence electrons. The van der Waals surface area contributed by atoms with Crippen molar-refractivity contribution in [3.8, 4) is 0 Å². The zero-order valence-corrected chi connectivity index (χ0v) is 13.9. The number of nitrogens with zero attached hydrogens (tertiary/aromatic N) is 2. The van der Waals surface area contributed by atoms with E-state index in [0.29, 0.717) is 5.56 Å². The highest BCUT2D eigenvalue weighted by Gasteiger charge is 2.32. The molecule has 1 aromatic rings. The molecule has 0 bridgehead atoms. The number of hydrazine groups is 1. The number of anilines is 1. The van der Waals surface area contributed by atoms with Gasteiger partial charge in [0.2, 0.25) is 0 Å². The van der Waals surface area contributed by atoms with E-state index < -0.39 is 30.6 Å². The van der Waals surface area contributed by atoms with Gasteiger partial charge in [-0.2, -0.15) is 13.2 Å². The van der Waals surface area contributed by atoms with Crippen molar-refractivity contribution in [2.24, 2.45) is 0 Å². The highest BCUT2D eigenvalue weighted by atomic mass is 19.4. The summed E-state index contributed by atoms with van der Waals surface area (Å²) in [6.07, 6.45) is -4.40. The van der Waals surface area contributed by atoms with Crippen LogP contribution < -0.4 is 15.8 Å². The van der Waals surface area contributed by atoms with Crippen LogP contribution >= 0.6 is 0 Å². The van der Waals surface area contributed by atoms with Crippen molar-refractivity contribution in [3.63, 3.8) is 0 Å². The van der Waals surface area contributed by atoms with Crippen molar-refractivity contribution in [2.75, 3.05) is 32.6 Å². The standard InChI is InChI=1S/C15H21F3N4O2/c1-10(22(4)9-15(16,17)18)13(23)19-20-14(24)11-6-5-7-12(8-11)21(2)3/h5-8,10H,9H2,1-4H3,(H,19,23)(H,20,24)/t10-/m0/s1. The first-order valence-corrected chi connectivity index (χ1v) is 7.16. The third-order valence-electron chi connectivity index (χ3n) is 3.39. The lowest BCUT2D eigenvalue weighted by Gasteiger charge is -2.24. The van der Waals surface area contributed by atoms with Crippen LogP contribution in [-0.2, 0) is 4.79 Å². The second-order valence-electron chi connectivity index (χ2n) is 5.59. The van der Waals surface area contributed by atoms with Crippen LogP contribution in [0.15, 0.2) is 24.3 Å². The van der Waals surface area contributed by atoms with Crippen LogP contribution in [0.2, 0.25) is 0 Å². The minimum absolute atomic E-state index is 0.317. The Morgan fingerprint density at radius 3 is 2.33 bits per heavy atom. The normalized spacial score (nSPS) is 12.7. The number of hydrogen-bond donors (Lipinski definition) is 2. The van der Waals surface area contributed by atoms with Gasteiger partial charge in [-0.3, -0.25) is 25.3 Å². The van der Waals surface area contributed by atoms with Gasteiger partial charge in [-0.25, -0.2) is 0 Å². The van der Waals surface area contributed by atoms with Crippen molar-refractivity contribution < 1.29 is 22.8 Å². The molecule has 0 heterocycles. The van der Waals surface area contributed by atoms with Gasteiger partial charge in [0.05, 0.1) is 12.6 Å². The van der Waals surface area contributed by atoms with Gasteiger partial charge in [0.1, 0.15) is 0 Å². The quantitative estimate of drug-likeness (QED) is 0.791. The number of rotatable bonds is 5. The molecule has 0 aliphatic carbocycles. The molecule has 9 heteroatoms. The van der Waals surface area contributed by atoms with Gasteiger partial charge in [-0.15, -0.1) is 0 Å². The molecule has 0 saturated heterocycles. The van der Waals surface area contributed by atoms with Gasteiger partial charge >= 0.3 is 6.18 Å². The highest BCUT2D eigenvalue weighted by molar-refractivity contribution is 5.96. The number of amides is 2. The lowest BCUT2D eigenvalue weighted by Crippen LogP contribution is -2.51. The highest BCUT2D eigenvalue weighted by Crippen LogP contribution is 2.17. The monoisotopic (exact) mass is 346 g/mol. The van der Waals surface area contributed by atoms with Crippen molar-refractivity contribution in [2.45, 2.75) is 19.1 Å². The molecule has 1 rings (SSSR count). The maximum absolute atomic E-state index is 12.3. The van der Waals surface area contributed by atoms with Crippen LogP contribution in [0.1, 0.15) is 17.3 Å². The minimum atomic E-state index is -4.40. The SMILES string of the molecule is C[C@@H](C(=O)NNC(=O)c1cccc(N(C)C)c1)N(C)CC(F)(F)F. The van der Waals surface area contributed by atoms with E-state index in [1.807, 2.05) is 25.1 Å². The van der Waals surface area contributed by atoms with E-state index in [1.54, 1.807) is 18.2 Å². The summed E-state index contributed by atoms with van der Waals surface area (Å²) >= 11 is 0. The molecule has 1 aromatic carbocycles. The summed E-state index contributed by atoms with van der Waals surface area (Å²) in [5.41, 5.74) is 5.45. The zero-order chi connectivity index (χ0) is 18.5. The summed E-state index contributed by atoms with van der Waals surface area (Å²) in [4.78, 5) is 26.5. The molecule has 6 nitrogen and oxygen atoms in total. The Morgan fingerprint density at radius 2 is 1.79 bits per heavy atom. The largest absolute Gasteiger partial charge is 0.401 e. The van der Waals surface area contributed by atoms with Crippen molar-refractivity contribution in [3.05, 3.63) is 29.8 Å². The molecule has 2 N–H and O–H groups in total. The Balaban J connectivity index is 2.60. The van der Waals surface area contributed by atoms with E-state index in [4.69, 9.17) is 0 Å². The smallest absolute Gasteiger partial charge is 0.378 e. The number of carbonyl (C=O) groups excluding carboxylic acids is 2. The molecule has 0 aromatic heterocycles. The lowest BCUT2D eigenvalue weighted by molar-refractivity contribution is -0.151. The second kappa shape index (κ2) is 8.00. The van der Waals surface area contributed by atoms with E-state index in [0.717, 1.165) is 10.6 Å². The molecule has 0 aliphatic heterocycles. The molecule has 0 radical (unpaired) electrons. The fourth-order valence-electron chi connectivity index (χ4n) is 1.84. The van der Waals surface area contributed by atoms with Gasteiger partial charge in [0.15, 0.2) is 0 Å². The van der Waals surface area contributed by atoms with Gasteiger partial charge < -0.3 is 4.90 Å². The van der Waals surface area contributed by atoms with Crippen LogP contribution in [0.4, 0.5) is 18.9 Å². The molecule has 24 heavy (non-hydrogen) atoms. The van der Waals surface area contributed by atoms with Crippen LogP contribution in [-0.4, -0.2) is 56.6 Å². The second-order valence-corrected chi connectivity index (χ2v) is 5.59. The molecule has 0 spiro atoms. The number of likely N-dealkylation sites (N-methyl/N-ethyl adjacent to an activating group) is 1. The predicted octanol–water partition coefficient (Wildman–Crippen LogP) is 1.40. The Bertz CT molecular complexity index is 590. The summed E-state index contributed by atoms with van der Waals surface area (Å²) < 4.78 is 37.0. The first-order chi connectivity index (χ1) is 11.0. The summed E-state index contributed by atoms with van der Waals surface area (Å²) in [6.45, 7) is 0.0975. The van der Waals surface area contributed by atoms with Crippen molar-refractivity contribution >= 4 is 17.5 Å². The molecule has 0 unspecified atom stereocenters. The first-order valence-electron chi connectivity index (χ1n) is 7.16. The lowest BCUT2D eigenvalue weighted by atomic mass is 10.2. The number of carbonyl (C=O) groups is 2. The number of hydrogen-bond acceptors (Lipinski definition) is 4. The molecule has 0 saturated carbocycles. The van der Waals surface area contributed by atoms with Crippen LogP contribution in [0.25, 0.3) is 0 Å². The van der Waals surface area contributed by atoms with E-state index >= 15 is 0 Å². The average Bonchev–Trinajstić information content (AvgIpc) is 2.49. The van der Waals surface area contributed by atoms with Crippen LogP contribution in [0.5, 0.6) is 0 Å². The molecular weight excluding hydrogens is 325 g/mol. The fraction of sp³-hybridized carbons (Fsp3) is 0.467. The number of benzene rings is 1. The summed E-state index contributed by atoms with van der Waals surface area (Å²) in [6, 6.07) is 5.63. The summed E-state index contributed by atoms with van der Waals surface area (Å²) in [7, 11) is 4.81. The van der Waals surface area contributed by atoms with E-state index in [2.05, 4.69) is 10.9 Å². The third kappa shape index (κ3) is 6.07. The Morgan fingerprint density at radius 1 is 1.17 bits per heavy atom. The zero-order valence-electron chi connectivity index (χ0n) is 13.9. The molecular formula is C15H21F3N4O2. The van der Waals surface area contributed by atoms with Crippen molar-refractivity contribution in [1.29, 1.82) is 0 Å². The number of nitrogens with one attached hydrogen (secondary N) is 2. The number of alkyl halides is 3. The maximum Gasteiger partial charge on any atom is 0.401 e. The Hall–Kier alpha value is -2.29. The van der Waals surface area contributed by atoms with E-state index in [-0.39, 0.29) is 0 Å². The fourth-order valence-corrected chi connectivity index (χ4v) is 1.84. The minimum Gasteiger partial charge on any atom is -0.378 e. The molecule has 1 atom stereocenters. The van der Waals surface area contributed by atoms with Crippen LogP contribution in [0.3, 0.4) is 0 Å². The molecule has 2 amide bonds. The summed E-state index contributed by atoms with van der Waals surface area (Å²) in [5.74, 6) is -1.29. The molecule has 0 aliphatic rings. The van der Waals surface area contributed by atoms with Crippen LogP contribution in [0, 0.1) is 0 Å². The Labute approximate surface area is 138 Å². The van der Waals surface area contributed by atoms with Gasteiger partial charge in [-0.05, 0) is 32.2 Å². The van der Waals surface area contributed by atoms with Gasteiger partial charge in [-0.1, -0.05) is 6.07 Å². The third-order valence-corrected chi connectivity index (χ3v) is 3.39. The average molecular weight is 346 g/mol.